The van der Waals surface area contributed by atoms with Crippen LogP contribution in [0.1, 0.15) is 18.4 Å². The maximum atomic E-state index is 16.1. The number of nitrogens with one attached hydrogen (secondary N) is 1. The zero-order valence-electron chi connectivity index (χ0n) is 22.9. The number of aromatic nitrogens is 4. The van der Waals surface area contributed by atoms with Crippen LogP contribution < -0.4 is 15.0 Å². The number of carbonyl (C=O) groups is 1. The number of halogens is 1. The van der Waals surface area contributed by atoms with Crippen LogP contribution >= 0.6 is 0 Å². The fourth-order valence-corrected chi connectivity index (χ4v) is 5.54. The van der Waals surface area contributed by atoms with E-state index < -0.39 is 11.9 Å². The minimum atomic E-state index is -0.972. The fraction of sp³-hybridized carbons (Fsp3) is 0.379. The minimum Gasteiger partial charge on any atom is -0.497 e. The van der Waals surface area contributed by atoms with E-state index in [0.29, 0.717) is 37.4 Å². The van der Waals surface area contributed by atoms with Crippen LogP contribution in [0.3, 0.4) is 0 Å². The van der Waals surface area contributed by atoms with Crippen molar-refractivity contribution >= 4 is 23.2 Å². The molecule has 1 amide bonds. The highest BCUT2D eigenvalue weighted by molar-refractivity contribution is 5.77. The number of piperazine rings is 1. The first-order chi connectivity index (χ1) is 20.0. The molecular weight excluding hydrogens is 527 g/mol. The van der Waals surface area contributed by atoms with E-state index in [1.165, 1.54) is 10.5 Å². The Labute approximate surface area is 237 Å². The van der Waals surface area contributed by atoms with Crippen LogP contribution in [-0.4, -0.2) is 93.0 Å². The molecule has 11 nitrogen and oxygen atoms in total. The predicted molar refractivity (Wildman–Crippen MR) is 153 cm³/mol. The third-order valence-electron chi connectivity index (χ3n) is 7.77. The molecule has 0 unspecified atom stereocenters. The SMILES string of the molecule is COc1ccc(CN2CCN(c3nc(-c4cnn5ccccc45)nc(N[C@@H]4CCCN(C(=O)O)C4)c3F)CC2)cc1. The Morgan fingerprint density at radius 1 is 1.10 bits per heavy atom. The van der Waals surface area contributed by atoms with Gasteiger partial charge in [0.05, 0.1) is 24.4 Å². The number of ether oxygens (including phenoxy) is 1. The van der Waals surface area contributed by atoms with Gasteiger partial charge in [0.15, 0.2) is 17.5 Å². The number of anilines is 2. The van der Waals surface area contributed by atoms with Gasteiger partial charge in [0.1, 0.15) is 5.75 Å². The summed E-state index contributed by atoms with van der Waals surface area (Å²) in [5.41, 5.74) is 2.70. The molecule has 0 spiro atoms. The number of benzene rings is 1. The van der Waals surface area contributed by atoms with Gasteiger partial charge < -0.3 is 25.0 Å². The summed E-state index contributed by atoms with van der Waals surface area (Å²) in [4.78, 5) is 26.5. The number of carboxylic acid groups (broad SMARTS) is 1. The summed E-state index contributed by atoms with van der Waals surface area (Å²) < 4.78 is 23.1. The number of fused-ring (bicyclic) bond motifs is 1. The molecule has 5 heterocycles. The summed E-state index contributed by atoms with van der Waals surface area (Å²) >= 11 is 0. The highest BCUT2D eigenvalue weighted by atomic mass is 19.1. The van der Waals surface area contributed by atoms with Gasteiger partial charge in [0.2, 0.25) is 5.82 Å². The summed E-state index contributed by atoms with van der Waals surface area (Å²) in [5.74, 6) is 0.993. The predicted octanol–water partition coefficient (Wildman–Crippen LogP) is 3.82. The summed E-state index contributed by atoms with van der Waals surface area (Å²) in [6.45, 7) is 4.25. The minimum absolute atomic E-state index is 0.0817. The standard InChI is InChI=1S/C29H33FN8O3/c1-41-22-9-7-20(8-10-22)18-35-13-15-36(16-14-35)28-25(30)27(32-21-5-4-11-37(19-21)29(39)40)33-26(34-28)23-17-31-38-12-3-2-6-24(23)38/h2-3,6-10,12,17,21H,4-5,11,13-16,18-19H2,1H3,(H,39,40)(H,32,33,34)/t21-/m1/s1. The van der Waals surface area contributed by atoms with Gasteiger partial charge >= 0.3 is 6.09 Å². The van der Waals surface area contributed by atoms with Crippen LogP contribution in [0.25, 0.3) is 16.9 Å². The van der Waals surface area contributed by atoms with E-state index in [9.17, 15) is 9.90 Å². The third-order valence-corrected chi connectivity index (χ3v) is 7.77. The third kappa shape index (κ3) is 5.73. The monoisotopic (exact) mass is 560 g/mol. The summed E-state index contributed by atoms with van der Waals surface area (Å²) in [6.07, 6.45) is 3.97. The molecule has 2 aliphatic heterocycles. The molecule has 2 aliphatic rings. The van der Waals surface area contributed by atoms with Gasteiger partial charge in [-0.15, -0.1) is 0 Å². The second-order valence-electron chi connectivity index (χ2n) is 10.4. The number of piperidine rings is 1. The number of amides is 1. The molecule has 6 rings (SSSR count). The van der Waals surface area contributed by atoms with Gasteiger partial charge in [-0.3, -0.25) is 4.90 Å². The lowest BCUT2D eigenvalue weighted by Crippen LogP contribution is -2.47. The van der Waals surface area contributed by atoms with E-state index in [1.54, 1.807) is 17.8 Å². The Balaban J connectivity index is 1.26. The van der Waals surface area contributed by atoms with Crippen LogP contribution in [0.5, 0.6) is 5.75 Å². The highest BCUT2D eigenvalue weighted by Crippen LogP contribution is 2.31. The summed E-state index contributed by atoms with van der Waals surface area (Å²) in [7, 11) is 1.66. The summed E-state index contributed by atoms with van der Waals surface area (Å²) in [6, 6.07) is 13.5. The van der Waals surface area contributed by atoms with Gasteiger partial charge in [-0.2, -0.15) is 9.49 Å². The number of methoxy groups -OCH3 is 1. The van der Waals surface area contributed by atoms with Crippen LogP contribution in [0.2, 0.25) is 0 Å². The highest BCUT2D eigenvalue weighted by Gasteiger charge is 2.28. The largest absolute Gasteiger partial charge is 0.497 e. The lowest BCUT2D eigenvalue weighted by molar-refractivity contribution is 0.132. The molecule has 2 fully saturated rings. The normalized spacial score (nSPS) is 18.0. The van der Waals surface area contributed by atoms with Crippen molar-refractivity contribution in [2.45, 2.75) is 25.4 Å². The van der Waals surface area contributed by atoms with Gasteiger partial charge in [-0.1, -0.05) is 18.2 Å². The molecule has 0 radical (unpaired) electrons. The Morgan fingerprint density at radius 3 is 2.66 bits per heavy atom. The molecular formula is C29H33FN8O3. The number of pyridine rings is 1. The Bertz CT molecular complexity index is 1520. The van der Waals surface area contributed by atoms with Gasteiger partial charge in [0.25, 0.3) is 0 Å². The van der Waals surface area contributed by atoms with Gasteiger partial charge in [-0.05, 0) is 42.7 Å². The smallest absolute Gasteiger partial charge is 0.407 e. The number of nitrogens with zero attached hydrogens (tertiary/aromatic N) is 7. The molecule has 3 aromatic heterocycles. The molecule has 0 bridgehead atoms. The lowest BCUT2D eigenvalue weighted by Gasteiger charge is -2.36. The topological polar surface area (TPSA) is 111 Å². The molecule has 1 atom stereocenters. The molecule has 2 saturated heterocycles. The summed E-state index contributed by atoms with van der Waals surface area (Å²) in [5, 5.41) is 17.1. The van der Waals surface area contributed by atoms with Gasteiger partial charge in [-0.25, -0.2) is 19.3 Å². The van der Waals surface area contributed by atoms with E-state index in [4.69, 9.17) is 9.72 Å². The lowest BCUT2D eigenvalue weighted by atomic mass is 10.1. The van der Waals surface area contributed by atoms with Crippen molar-refractivity contribution in [1.82, 2.24) is 29.4 Å². The Morgan fingerprint density at radius 2 is 1.90 bits per heavy atom. The van der Waals surface area contributed by atoms with Crippen molar-refractivity contribution in [2.75, 3.05) is 56.6 Å². The maximum absolute atomic E-state index is 16.1. The van der Waals surface area contributed by atoms with Crippen molar-refractivity contribution in [3.05, 3.63) is 66.2 Å². The van der Waals surface area contributed by atoms with E-state index in [0.717, 1.165) is 37.3 Å². The molecule has 4 aromatic rings. The second kappa shape index (κ2) is 11.6. The maximum Gasteiger partial charge on any atom is 0.407 e. The van der Waals surface area contributed by atoms with E-state index in [-0.39, 0.29) is 24.2 Å². The van der Waals surface area contributed by atoms with Crippen LogP contribution in [0.15, 0.2) is 54.9 Å². The molecule has 12 heteroatoms. The van der Waals surface area contributed by atoms with Gasteiger partial charge in [0, 0.05) is 58.1 Å². The van der Waals surface area contributed by atoms with Crippen molar-refractivity contribution < 1.29 is 19.0 Å². The average molecular weight is 561 g/mol. The van der Waals surface area contributed by atoms with Crippen LogP contribution in [0, 0.1) is 5.82 Å². The quantitative estimate of drug-likeness (QED) is 0.349. The van der Waals surface area contributed by atoms with Crippen molar-refractivity contribution in [3.63, 3.8) is 0 Å². The Hall–Kier alpha value is -4.45. The van der Waals surface area contributed by atoms with E-state index in [1.807, 2.05) is 41.4 Å². The van der Waals surface area contributed by atoms with Crippen molar-refractivity contribution in [3.8, 4) is 17.1 Å². The first-order valence-electron chi connectivity index (χ1n) is 13.8. The Kier molecular flexibility index (Phi) is 7.55. The molecule has 0 aliphatic carbocycles. The second-order valence-corrected chi connectivity index (χ2v) is 10.4. The number of hydrogen-bond acceptors (Lipinski definition) is 8. The first kappa shape index (κ1) is 26.8. The first-order valence-corrected chi connectivity index (χ1v) is 13.8. The molecule has 1 aromatic carbocycles. The van der Waals surface area contributed by atoms with Crippen LogP contribution in [-0.2, 0) is 6.54 Å². The van der Waals surface area contributed by atoms with Crippen molar-refractivity contribution in [1.29, 1.82) is 0 Å². The van der Waals surface area contributed by atoms with Crippen molar-refractivity contribution in [2.24, 2.45) is 0 Å². The molecule has 41 heavy (non-hydrogen) atoms. The molecule has 214 valence electrons. The number of hydrogen-bond donors (Lipinski definition) is 2. The number of rotatable bonds is 7. The van der Waals surface area contributed by atoms with E-state index in [2.05, 4.69) is 32.4 Å². The zero-order chi connectivity index (χ0) is 28.3. The fourth-order valence-electron chi connectivity index (χ4n) is 5.54. The molecule has 2 N–H and O–H groups in total. The zero-order valence-corrected chi connectivity index (χ0v) is 22.9. The van der Waals surface area contributed by atoms with Crippen LogP contribution in [0.4, 0.5) is 20.8 Å². The molecule has 0 saturated carbocycles. The average Bonchev–Trinajstić information content (AvgIpc) is 3.43. The van der Waals surface area contributed by atoms with E-state index >= 15 is 4.39 Å². The number of likely N-dealkylation sites (tertiary alicyclic amines) is 1.